The summed E-state index contributed by atoms with van der Waals surface area (Å²) in [5.41, 5.74) is 0.322. The summed E-state index contributed by atoms with van der Waals surface area (Å²) in [6.07, 6.45) is 7.82. The number of rotatable bonds is 4. The van der Waals surface area contributed by atoms with E-state index in [2.05, 4.69) is 0 Å². The lowest BCUT2D eigenvalue weighted by atomic mass is 10.2. The van der Waals surface area contributed by atoms with E-state index in [-0.39, 0.29) is 6.54 Å². The Morgan fingerprint density at radius 1 is 1.15 bits per heavy atom. The number of allylic oxidation sites excluding steroid dienone is 4. The second-order valence-electron chi connectivity index (χ2n) is 5.36. The van der Waals surface area contributed by atoms with Gasteiger partial charge in [0, 0.05) is 6.08 Å². The molecular formula is C16H25NO3. The van der Waals surface area contributed by atoms with E-state index in [1.165, 1.54) is 6.08 Å². The van der Waals surface area contributed by atoms with Crippen molar-refractivity contribution in [3.8, 4) is 0 Å². The van der Waals surface area contributed by atoms with Gasteiger partial charge in [-0.1, -0.05) is 29.9 Å². The standard InChI is InChI=1S/C16H25NO3/c1-7-9-12-17(15(19)20-16(4,5)6)14(18)11-10-13(3)8-2/h7-11H,12H2,1-6H3/b9-7-,11-10+,13-8+. The summed E-state index contributed by atoms with van der Waals surface area (Å²) in [7, 11) is 0. The Bertz CT molecular complexity index is 425. The van der Waals surface area contributed by atoms with E-state index in [9.17, 15) is 9.59 Å². The van der Waals surface area contributed by atoms with Crippen LogP contribution in [0.1, 0.15) is 41.5 Å². The molecule has 0 atom stereocenters. The van der Waals surface area contributed by atoms with Crippen LogP contribution in [0.4, 0.5) is 4.79 Å². The molecule has 0 bridgehead atoms. The second kappa shape index (κ2) is 8.35. The number of ether oxygens (including phenoxy) is 1. The van der Waals surface area contributed by atoms with Crippen molar-refractivity contribution in [1.82, 2.24) is 4.90 Å². The number of nitrogens with zero attached hydrogens (tertiary/aromatic N) is 1. The van der Waals surface area contributed by atoms with E-state index in [1.54, 1.807) is 39.0 Å². The SMILES string of the molecule is C/C=C\CN(C(=O)/C=C/C(C)=C/C)C(=O)OC(C)(C)C. The van der Waals surface area contributed by atoms with Crippen LogP contribution in [0.2, 0.25) is 0 Å². The minimum atomic E-state index is -0.636. The zero-order valence-corrected chi connectivity index (χ0v) is 13.3. The van der Waals surface area contributed by atoms with Gasteiger partial charge in [0.05, 0.1) is 6.54 Å². The van der Waals surface area contributed by atoms with Crippen LogP contribution < -0.4 is 0 Å². The molecule has 0 aliphatic carbocycles. The topological polar surface area (TPSA) is 46.6 Å². The fraction of sp³-hybridized carbons (Fsp3) is 0.500. The molecule has 0 aromatic rings. The van der Waals surface area contributed by atoms with Crippen LogP contribution >= 0.6 is 0 Å². The normalized spacial score (nSPS) is 13.0. The predicted molar refractivity (Wildman–Crippen MR) is 81.3 cm³/mol. The minimum Gasteiger partial charge on any atom is -0.443 e. The van der Waals surface area contributed by atoms with Crippen molar-refractivity contribution < 1.29 is 14.3 Å². The molecule has 0 aliphatic heterocycles. The first-order valence-corrected chi connectivity index (χ1v) is 6.68. The first-order valence-electron chi connectivity index (χ1n) is 6.68. The summed E-state index contributed by atoms with van der Waals surface area (Å²) in [5, 5.41) is 0. The van der Waals surface area contributed by atoms with Crippen LogP contribution in [0.5, 0.6) is 0 Å². The van der Waals surface area contributed by atoms with Crippen molar-refractivity contribution in [3.63, 3.8) is 0 Å². The van der Waals surface area contributed by atoms with Crippen molar-refractivity contribution in [2.45, 2.75) is 47.1 Å². The average molecular weight is 279 g/mol. The first kappa shape index (κ1) is 18.2. The summed E-state index contributed by atoms with van der Waals surface area (Å²) >= 11 is 0. The van der Waals surface area contributed by atoms with E-state index in [0.717, 1.165) is 10.5 Å². The Morgan fingerprint density at radius 3 is 2.20 bits per heavy atom. The van der Waals surface area contributed by atoms with Crippen molar-refractivity contribution in [3.05, 3.63) is 36.0 Å². The van der Waals surface area contributed by atoms with Crippen LogP contribution in [0.3, 0.4) is 0 Å². The molecule has 0 aliphatic rings. The van der Waals surface area contributed by atoms with E-state index in [4.69, 9.17) is 4.74 Å². The van der Waals surface area contributed by atoms with Gasteiger partial charge in [-0.15, -0.1) is 0 Å². The van der Waals surface area contributed by atoms with Gasteiger partial charge < -0.3 is 4.74 Å². The monoisotopic (exact) mass is 279 g/mol. The molecule has 112 valence electrons. The highest BCUT2D eigenvalue weighted by Crippen LogP contribution is 2.10. The van der Waals surface area contributed by atoms with Gasteiger partial charge in [-0.3, -0.25) is 4.79 Å². The summed E-state index contributed by atoms with van der Waals surface area (Å²) < 4.78 is 5.23. The quantitative estimate of drug-likeness (QED) is 0.446. The van der Waals surface area contributed by atoms with Gasteiger partial charge in [0.2, 0.25) is 0 Å². The number of hydrogen-bond acceptors (Lipinski definition) is 3. The molecular weight excluding hydrogens is 254 g/mol. The molecule has 2 amide bonds. The van der Waals surface area contributed by atoms with Gasteiger partial charge >= 0.3 is 6.09 Å². The lowest BCUT2D eigenvalue weighted by Gasteiger charge is -2.24. The Kier molecular flexibility index (Phi) is 7.59. The third-order valence-corrected chi connectivity index (χ3v) is 2.35. The first-order chi connectivity index (χ1) is 9.21. The molecule has 0 fully saturated rings. The maximum absolute atomic E-state index is 12.1. The van der Waals surface area contributed by atoms with Gasteiger partial charge in [0.15, 0.2) is 0 Å². The molecule has 0 saturated heterocycles. The van der Waals surface area contributed by atoms with E-state index in [1.807, 2.05) is 26.8 Å². The van der Waals surface area contributed by atoms with Crippen LogP contribution in [-0.2, 0) is 9.53 Å². The zero-order valence-electron chi connectivity index (χ0n) is 13.3. The molecule has 0 heterocycles. The smallest absolute Gasteiger partial charge is 0.417 e. The van der Waals surface area contributed by atoms with Crippen LogP contribution in [-0.4, -0.2) is 29.0 Å². The molecule has 0 spiro atoms. The Hall–Kier alpha value is -1.84. The van der Waals surface area contributed by atoms with Crippen molar-refractivity contribution >= 4 is 12.0 Å². The van der Waals surface area contributed by atoms with E-state index >= 15 is 0 Å². The number of hydrogen-bond donors (Lipinski definition) is 0. The molecule has 0 saturated carbocycles. The van der Waals surface area contributed by atoms with Crippen LogP contribution in [0, 0.1) is 0 Å². The summed E-state index contributed by atoms with van der Waals surface area (Å²) in [4.78, 5) is 25.2. The zero-order chi connectivity index (χ0) is 15.8. The molecule has 0 aromatic heterocycles. The van der Waals surface area contributed by atoms with Crippen LogP contribution in [0.25, 0.3) is 0 Å². The molecule has 4 nitrogen and oxygen atoms in total. The maximum Gasteiger partial charge on any atom is 0.417 e. The summed E-state index contributed by atoms with van der Waals surface area (Å²) in [5.74, 6) is -0.390. The lowest BCUT2D eigenvalue weighted by Crippen LogP contribution is -2.40. The molecule has 0 radical (unpaired) electrons. The van der Waals surface area contributed by atoms with Gasteiger partial charge in [-0.05, 0) is 41.5 Å². The molecule has 0 N–H and O–H groups in total. The molecule has 20 heavy (non-hydrogen) atoms. The molecule has 4 heteroatoms. The Morgan fingerprint density at radius 2 is 1.75 bits per heavy atom. The maximum atomic E-state index is 12.1. The summed E-state index contributed by atoms with van der Waals surface area (Å²) in [6, 6.07) is 0. The number of carbonyl (C=O) groups is 2. The van der Waals surface area contributed by atoms with E-state index < -0.39 is 17.6 Å². The minimum absolute atomic E-state index is 0.198. The fourth-order valence-corrected chi connectivity index (χ4v) is 1.17. The third-order valence-electron chi connectivity index (χ3n) is 2.35. The third kappa shape index (κ3) is 7.56. The van der Waals surface area contributed by atoms with Crippen molar-refractivity contribution in [2.24, 2.45) is 0 Å². The van der Waals surface area contributed by atoms with Gasteiger partial charge in [-0.2, -0.15) is 0 Å². The number of amides is 2. The Balaban J connectivity index is 5.00. The predicted octanol–water partition coefficient (Wildman–Crippen LogP) is 3.85. The largest absolute Gasteiger partial charge is 0.443 e. The van der Waals surface area contributed by atoms with Crippen molar-refractivity contribution in [1.29, 1.82) is 0 Å². The molecule has 0 unspecified atom stereocenters. The van der Waals surface area contributed by atoms with Gasteiger partial charge in [0.25, 0.3) is 5.91 Å². The molecule has 0 aromatic carbocycles. The highest BCUT2D eigenvalue weighted by Gasteiger charge is 2.24. The second-order valence-corrected chi connectivity index (χ2v) is 5.36. The highest BCUT2D eigenvalue weighted by molar-refractivity contribution is 5.99. The number of carbonyl (C=O) groups excluding carboxylic acids is 2. The fourth-order valence-electron chi connectivity index (χ4n) is 1.17. The average Bonchev–Trinajstić information content (AvgIpc) is 2.34. The Labute approximate surface area is 121 Å². The van der Waals surface area contributed by atoms with Gasteiger partial charge in [-0.25, -0.2) is 9.69 Å². The van der Waals surface area contributed by atoms with E-state index in [0.29, 0.717) is 0 Å². The van der Waals surface area contributed by atoms with Crippen molar-refractivity contribution in [2.75, 3.05) is 6.54 Å². The van der Waals surface area contributed by atoms with Crippen LogP contribution in [0.15, 0.2) is 36.0 Å². The highest BCUT2D eigenvalue weighted by atomic mass is 16.6. The molecule has 0 rings (SSSR count). The lowest BCUT2D eigenvalue weighted by molar-refractivity contribution is -0.124. The summed E-state index contributed by atoms with van der Waals surface area (Å²) in [6.45, 7) is 11.1. The number of imide groups is 1. The van der Waals surface area contributed by atoms with Gasteiger partial charge in [0.1, 0.15) is 5.60 Å².